The normalized spacial score (nSPS) is 11.4. The third-order valence-electron chi connectivity index (χ3n) is 4.80. The first-order chi connectivity index (χ1) is 14.8. The smallest absolute Gasteiger partial charge is 0.262 e. The van der Waals surface area contributed by atoms with E-state index in [4.69, 9.17) is 4.74 Å². The summed E-state index contributed by atoms with van der Waals surface area (Å²) in [7, 11) is -2.10. The van der Waals surface area contributed by atoms with Crippen molar-refractivity contribution >= 4 is 21.6 Å². The quantitative estimate of drug-likeness (QED) is 0.574. The van der Waals surface area contributed by atoms with Crippen LogP contribution < -0.4 is 10.1 Å². The number of sulfonamides is 1. The van der Waals surface area contributed by atoms with Gasteiger partial charge in [0.2, 0.25) is 10.0 Å². The number of ether oxygens (including phenoxy) is 1. The van der Waals surface area contributed by atoms with Crippen LogP contribution in [-0.2, 0) is 21.4 Å². The summed E-state index contributed by atoms with van der Waals surface area (Å²) >= 11 is 0. The van der Waals surface area contributed by atoms with Crippen molar-refractivity contribution in [2.75, 3.05) is 19.0 Å². The minimum atomic E-state index is -3.64. The van der Waals surface area contributed by atoms with Gasteiger partial charge in [-0.05, 0) is 60.9 Å². The lowest BCUT2D eigenvalue weighted by Crippen LogP contribution is -2.26. The summed E-state index contributed by atoms with van der Waals surface area (Å²) in [5, 5.41) is 2.72. The van der Waals surface area contributed by atoms with Crippen molar-refractivity contribution in [2.24, 2.45) is 0 Å². The minimum Gasteiger partial charge on any atom is -0.483 e. The molecule has 3 aromatic rings. The zero-order chi connectivity index (χ0) is 22.4. The predicted octanol–water partition coefficient (Wildman–Crippen LogP) is 4.14. The van der Waals surface area contributed by atoms with Crippen LogP contribution in [0.2, 0.25) is 0 Å². The van der Waals surface area contributed by atoms with Gasteiger partial charge in [0.1, 0.15) is 5.75 Å². The molecule has 3 aromatic carbocycles. The SMILES string of the molecule is Cc1ccc(C)c(OCC(=O)Nc2ccc(S(=O)(=O)N(C)Cc3ccccc3)cc2)c1. The highest BCUT2D eigenvalue weighted by molar-refractivity contribution is 7.89. The standard InChI is InChI=1S/C24H26N2O4S/c1-18-9-10-19(2)23(15-18)30-17-24(27)25-21-11-13-22(14-12-21)31(28,29)26(3)16-20-7-5-4-6-8-20/h4-15H,16-17H2,1-3H3,(H,25,27). The lowest BCUT2D eigenvalue weighted by atomic mass is 10.1. The Balaban J connectivity index is 1.60. The van der Waals surface area contributed by atoms with Gasteiger partial charge >= 0.3 is 0 Å². The van der Waals surface area contributed by atoms with Crippen LogP contribution >= 0.6 is 0 Å². The zero-order valence-corrected chi connectivity index (χ0v) is 18.6. The summed E-state index contributed by atoms with van der Waals surface area (Å²) < 4.78 is 32.5. The van der Waals surface area contributed by atoms with Crippen molar-refractivity contribution in [3.05, 3.63) is 89.5 Å². The Hall–Kier alpha value is -3.16. The van der Waals surface area contributed by atoms with Crippen LogP contribution in [0.25, 0.3) is 0 Å². The second-order valence-electron chi connectivity index (χ2n) is 7.38. The number of nitrogens with zero attached hydrogens (tertiary/aromatic N) is 1. The van der Waals surface area contributed by atoms with E-state index < -0.39 is 10.0 Å². The molecule has 162 valence electrons. The van der Waals surface area contributed by atoms with E-state index in [1.807, 2.05) is 62.4 Å². The second-order valence-corrected chi connectivity index (χ2v) is 9.42. The molecule has 3 rings (SSSR count). The number of carbonyl (C=O) groups is 1. The van der Waals surface area contributed by atoms with E-state index in [1.165, 1.54) is 16.4 Å². The van der Waals surface area contributed by atoms with E-state index in [0.717, 1.165) is 16.7 Å². The van der Waals surface area contributed by atoms with Crippen molar-refractivity contribution in [3.8, 4) is 5.75 Å². The molecule has 0 atom stereocenters. The Morgan fingerprint density at radius 2 is 1.65 bits per heavy atom. The maximum atomic E-state index is 12.8. The van der Waals surface area contributed by atoms with E-state index in [9.17, 15) is 13.2 Å². The monoisotopic (exact) mass is 438 g/mol. The van der Waals surface area contributed by atoms with Crippen molar-refractivity contribution in [1.29, 1.82) is 0 Å². The summed E-state index contributed by atoms with van der Waals surface area (Å²) in [4.78, 5) is 12.4. The molecule has 0 aliphatic heterocycles. The van der Waals surface area contributed by atoms with Crippen LogP contribution in [-0.4, -0.2) is 32.3 Å². The van der Waals surface area contributed by atoms with E-state index in [-0.39, 0.29) is 24.0 Å². The molecule has 0 fully saturated rings. The van der Waals surface area contributed by atoms with Crippen LogP contribution in [0.15, 0.2) is 77.7 Å². The molecular formula is C24H26N2O4S. The molecular weight excluding hydrogens is 412 g/mol. The van der Waals surface area contributed by atoms with Crippen molar-refractivity contribution in [1.82, 2.24) is 4.31 Å². The lowest BCUT2D eigenvalue weighted by Gasteiger charge is -2.17. The third-order valence-corrected chi connectivity index (χ3v) is 6.61. The molecule has 31 heavy (non-hydrogen) atoms. The lowest BCUT2D eigenvalue weighted by molar-refractivity contribution is -0.118. The fourth-order valence-corrected chi connectivity index (χ4v) is 4.18. The molecule has 6 nitrogen and oxygen atoms in total. The fraction of sp³-hybridized carbons (Fsp3) is 0.208. The molecule has 0 radical (unpaired) electrons. The average Bonchev–Trinajstić information content (AvgIpc) is 2.75. The molecule has 0 heterocycles. The Kier molecular flexibility index (Phi) is 7.09. The summed E-state index contributed by atoms with van der Waals surface area (Å²) in [6.45, 7) is 4.02. The maximum absolute atomic E-state index is 12.8. The van der Waals surface area contributed by atoms with Gasteiger partial charge < -0.3 is 10.1 Å². The van der Waals surface area contributed by atoms with Gasteiger partial charge in [0.15, 0.2) is 6.61 Å². The molecule has 0 spiro atoms. The number of anilines is 1. The van der Waals surface area contributed by atoms with Gasteiger partial charge in [-0.1, -0.05) is 42.5 Å². The van der Waals surface area contributed by atoms with Gasteiger partial charge in [-0.15, -0.1) is 0 Å². The van der Waals surface area contributed by atoms with Crippen molar-refractivity contribution < 1.29 is 17.9 Å². The van der Waals surface area contributed by atoms with Crippen LogP contribution in [0.1, 0.15) is 16.7 Å². The Labute approximate surface area is 183 Å². The number of amides is 1. The maximum Gasteiger partial charge on any atom is 0.262 e. The van der Waals surface area contributed by atoms with Gasteiger partial charge in [-0.3, -0.25) is 4.79 Å². The van der Waals surface area contributed by atoms with Crippen LogP contribution in [0.3, 0.4) is 0 Å². The summed E-state index contributed by atoms with van der Waals surface area (Å²) in [6, 6.07) is 21.3. The fourth-order valence-electron chi connectivity index (χ4n) is 3.02. The van der Waals surface area contributed by atoms with E-state index in [1.54, 1.807) is 19.2 Å². The first kappa shape index (κ1) is 22.5. The Morgan fingerprint density at radius 3 is 2.32 bits per heavy atom. The van der Waals surface area contributed by atoms with E-state index in [2.05, 4.69) is 5.32 Å². The van der Waals surface area contributed by atoms with Crippen LogP contribution in [0, 0.1) is 13.8 Å². The molecule has 0 saturated carbocycles. The predicted molar refractivity (Wildman–Crippen MR) is 122 cm³/mol. The second kappa shape index (κ2) is 9.76. The first-order valence-corrected chi connectivity index (χ1v) is 11.3. The molecule has 0 unspecified atom stereocenters. The highest BCUT2D eigenvalue weighted by Crippen LogP contribution is 2.21. The molecule has 0 saturated heterocycles. The molecule has 0 aliphatic rings. The van der Waals surface area contributed by atoms with Gasteiger partial charge in [0.25, 0.3) is 5.91 Å². The molecule has 0 aliphatic carbocycles. The topological polar surface area (TPSA) is 75.7 Å². The largest absolute Gasteiger partial charge is 0.483 e. The number of hydrogen-bond donors (Lipinski definition) is 1. The summed E-state index contributed by atoms with van der Waals surface area (Å²) in [5.74, 6) is 0.343. The zero-order valence-electron chi connectivity index (χ0n) is 17.8. The van der Waals surface area contributed by atoms with Crippen LogP contribution in [0.5, 0.6) is 5.75 Å². The molecule has 0 bridgehead atoms. The average molecular weight is 439 g/mol. The van der Waals surface area contributed by atoms with Crippen molar-refractivity contribution in [3.63, 3.8) is 0 Å². The minimum absolute atomic E-state index is 0.135. The van der Waals surface area contributed by atoms with Gasteiger partial charge in [0.05, 0.1) is 4.90 Å². The number of nitrogens with one attached hydrogen (secondary N) is 1. The molecule has 0 aromatic heterocycles. The highest BCUT2D eigenvalue weighted by atomic mass is 32.2. The number of benzene rings is 3. The number of carbonyl (C=O) groups excluding carboxylic acids is 1. The Bertz CT molecular complexity index is 1140. The molecule has 7 heteroatoms. The third kappa shape index (κ3) is 5.93. The first-order valence-electron chi connectivity index (χ1n) is 9.86. The van der Waals surface area contributed by atoms with Crippen LogP contribution in [0.4, 0.5) is 5.69 Å². The number of aryl methyl sites for hydroxylation is 2. The van der Waals surface area contributed by atoms with Gasteiger partial charge in [-0.2, -0.15) is 4.31 Å². The van der Waals surface area contributed by atoms with Gasteiger partial charge in [0, 0.05) is 19.3 Å². The molecule has 1 N–H and O–H groups in total. The van der Waals surface area contributed by atoms with Gasteiger partial charge in [-0.25, -0.2) is 8.42 Å². The van der Waals surface area contributed by atoms with E-state index >= 15 is 0 Å². The van der Waals surface area contributed by atoms with Crippen molar-refractivity contribution in [2.45, 2.75) is 25.3 Å². The summed E-state index contributed by atoms with van der Waals surface area (Å²) in [6.07, 6.45) is 0. The number of hydrogen-bond acceptors (Lipinski definition) is 4. The number of rotatable bonds is 8. The highest BCUT2D eigenvalue weighted by Gasteiger charge is 2.21. The van der Waals surface area contributed by atoms with E-state index in [0.29, 0.717) is 11.4 Å². The molecule has 1 amide bonds. The summed E-state index contributed by atoms with van der Waals surface area (Å²) in [5.41, 5.74) is 3.41. The Morgan fingerprint density at radius 1 is 0.968 bits per heavy atom.